The highest BCUT2D eigenvalue weighted by atomic mass is 35.5. The fraction of sp³-hybridized carbons (Fsp3) is 0.167. The quantitative estimate of drug-likeness (QED) is 0.764. The first-order valence-corrected chi connectivity index (χ1v) is 5.93. The zero-order valence-electron chi connectivity index (χ0n) is 9.24. The number of rotatable bonds is 2. The SMILES string of the molecule is CO[Si]OC.Clc1cccc2ccccc12. The van der Waals surface area contributed by atoms with E-state index in [-0.39, 0.29) is 10.0 Å². The molecule has 2 rings (SSSR count). The summed E-state index contributed by atoms with van der Waals surface area (Å²) in [7, 11) is 3.40. The van der Waals surface area contributed by atoms with E-state index in [0.717, 1.165) is 10.4 Å². The second-order valence-corrected chi connectivity index (χ2v) is 4.34. The van der Waals surface area contributed by atoms with Crippen LogP contribution in [0.1, 0.15) is 0 Å². The number of halogens is 1. The van der Waals surface area contributed by atoms with Crippen LogP contribution in [0.4, 0.5) is 0 Å². The molecule has 0 aliphatic heterocycles. The molecule has 0 aliphatic rings. The van der Waals surface area contributed by atoms with Gasteiger partial charge in [-0.05, 0) is 11.5 Å². The van der Waals surface area contributed by atoms with Crippen LogP contribution in [0.3, 0.4) is 0 Å². The van der Waals surface area contributed by atoms with Crippen LogP contribution in [0.5, 0.6) is 0 Å². The monoisotopic (exact) mass is 252 g/mol. The van der Waals surface area contributed by atoms with Gasteiger partial charge in [-0.15, -0.1) is 0 Å². The molecule has 0 N–H and O–H groups in total. The molecule has 2 radical (unpaired) electrons. The molecule has 16 heavy (non-hydrogen) atoms. The van der Waals surface area contributed by atoms with Crippen LogP contribution < -0.4 is 0 Å². The third-order valence-corrected chi connectivity index (χ3v) is 2.57. The van der Waals surface area contributed by atoms with Crippen molar-refractivity contribution in [1.29, 1.82) is 0 Å². The molecule has 0 unspecified atom stereocenters. The summed E-state index contributed by atoms with van der Waals surface area (Å²) >= 11 is 5.96. The van der Waals surface area contributed by atoms with Crippen LogP contribution in [0.25, 0.3) is 10.8 Å². The van der Waals surface area contributed by atoms with Gasteiger partial charge < -0.3 is 8.85 Å². The zero-order chi connectivity index (χ0) is 11.8. The average molecular weight is 253 g/mol. The Morgan fingerprint density at radius 3 is 2.12 bits per heavy atom. The maximum atomic E-state index is 5.96. The predicted octanol–water partition coefficient (Wildman–Crippen LogP) is 3.31. The average Bonchev–Trinajstić information content (AvgIpc) is 2.32. The van der Waals surface area contributed by atoms with Gasteiger partial charge in [0.1, 0.15) is 0 Å². The molecule has 4 heteroatoms. The molecule has 0 spiro atoms. The first-order chi connectivity index (χ1) is 7.79. The Balaban J connectivity index is 0.000000221. The Kier molecular flexibility index (Phi) is 6.11. The van der Waals surface area contributed by atoms with Crippen LogP contribution in [0.2, 0.25) is 5.02 Å². The van der Waals surface area contributed by atoms with Crippen LogP contribution >= 0.6 is 11.6 Å². The highest BCUT2D eigenvalue weighted by Crippen LogP contribution is 2.21. The number of benzene rings is 2. The molecule has 2 aromatic rings. The number of hydrogen-bond donors (Lipinski definition) is 0. The fourth-order valence-corrected chi connectivity index (χ4v) is 1.68. The van der Waals surface area contributed by atoms with E-state index in [1.54, 1.807) is 14.2 Å². The Morgan fingerprint density at radius 2 is 1.56 bits per heavy atom. The van der Waals surface area contributed by atoms with Gasteiger partial charge in [0, 0.05) is 24.6 Å². The van der Waals surface area contributed by atoms with Crippen LogP contribution in [-0.4, -0.2) is 24.2 Å². The molecule has 0 aromatic heterocycles. The third kappa shape index (κ3) is 3.94. The van der Waals surface area contributed by atoms with Crippen molar-refractivity contribution in [3.8, 4) is 0 Å². The third-order valence-electron chi connectivity index (χ3n) is 1.90. The Bertz CT molecular complexity index is 427. The normalized spacial score (nSPS) is 9.69. The Hall–Kier alpha value is -0.873. The maximum Gasteiger partial charge on any atom is 0.432 e. The molecule has 0 saturated carbocycles. The second-order valence-electron chi connectivity index (χ2n) is 2.95. The molecular formula is C12H13ClO2Si. The number of fused-ring (bicyclic) bond motifs is 1. The summed E-state index contributed by atoms with van der Waals surface area (Å²) in [5, 5.41) is 3.14. The standard InChI is InChI=1S/C10H7Cl.C2H6O2Si/c11-10-7-3-5-8-4-1-2-6-9(8)10;1-3-5-4-2/h1-7H;1-2H3. The van der Waals surface area contributed by atoms with Gasteiger partial charge in [-0.1, -0.05) is 48.0 Å². The van der Waals surface area contributed by atoms with Gasteiger partial charge in [0.25, 0.3) is 0 Å². The van der Waals surface area contributed by atoms with E-state index in [1.807, 2.05) is 30.3 Å². The summed E-state index contributed by atoms with van der Waals surface area (Å²) in [5.41, 5.74) is 0. The summed E-state index contributed by atoms with van der Waals surface area (Å²) in [4.78, 5) is 0. The highest BCUT2D eigenvalue weighted by Gasteiger charge is 1.93. The smallest absolute Gasteiger partial charge is 0.396 e. The minimum Gasteiger partial charge on any atom is -0.396 e. The maximum absolute atomic E-state index is 5.96. The summed E-state index contributed by atoms with van der Waals surface area (Å²) in [6.07, 6.45) is 0. The largest absolute Gasteiger partial charge is 0.432 e. The van der Waals surface area contributed by atoms with Crippen molar-refractivity contribution in [2.45, 2.75) is 0 Å². The lowest BCUT2D eigenvalue weighted by atomic mass is 10.1. The molecule has 0 heterocycles. The predicted molar refractivity (Wildman–Crippen MR) is 68.7 cm³/mol. The lowest BCUT2D eigenvalue weighted by Crippen LogP contribution is -1.93. The molecule has 0 saturated heterocycles. The van der Waals surface area contributed by atoms with Crippen molar-refractivity contribution in [3.05, 3.63) is 47.5 Å². The molecule has 0 bridgehead atoms. The van der Waals surface area contributed by atoms with Gasteiger partial charge in [-0.3, -0.25) is 0 Å². The lowest BCUT2D eigenvalue weighted by molar-refractivity contribution is 0.309. The number of hydrogen-bond acceptors (Lipinski definition) is 2. The van der Waals surface area contributed by atoms with Crippen molar-refractivity contribution in [2.75, 3.05) is 14.2 Å². The van der Waals surface area contributed by atoms with Gasteiger partial charge in [-0.2, -0.15) is 0 Å². The minimum absolute atomic E-state index is 0.198. The fourth-order valence-electron chi connectivity index (χ4n) is 1.27. The van der Waals surface area contributed by atoms with Crippen molar-refractivity contribution in [3.63, 3.8) is 0 Å². The van der Waals surface area contributed by atoms with E-state index in [9.17, 15) is 0 Å². The first kappa shape index (κ1) is 13.2. The first-order valence-electron chi connectivity index (χ1n) is 4.74. The summed E-state index contributed by atoms with van der Waals surface area (Å²) in [6.45, 7) is 0. The van der Waals surface area contributed by atoms with E-state index in [4.69, 9.17) is 11.6 Å². The van der Waals surface area contributed by atoms with Gasteiger partial charge >= 0.3 is 10.0 Å². The van der Waals surface area contributed by atoms with Crippen LogP contribution in [-0.2, 0) is 8.85 Å². The van der Waals surface area contributed by atoms with Gasteiger partial charge in [-0.25, -0.2) is 0 Å². The van der Waals surface area contributed by atoms with Gasteiger partial charge in [0.05, 0.1) is 0 Å². The van der Waals surface area contributed by atoms with Crippen molar-refractivity contribution < 1.29 is 8.85 Å². The van der Waals surface area contributed by atoms with Crippen LogP contribution in [0, 0.1) is 0 Å². The minimum atomic E-state index is 0.198. The Morgan fingerprint density at radius 1 is 0.938 bits per heavy atom. The summed E-state index contributed by atoms with van der Waals surface area (Å²) in [5.74, 6) is 0. The van der Waals surface area contributed by atoms with E-state index in [0.29, 0.717) is 0 Å². The molecule has 0 atom stereocenters. The van der Waals surface area contributed by atoms with E-state index in [1.165, 1.54) is 5.39 Å². The molecule has 2 aromatic carbocycles. The molecule has 2 nitrogen and oxygen atoms in total. The molecule has 0 aliphatic carbocycles. The molecule has 0 fully saturated rings. The van der Waals surface area contributed by atoms with Crippen LogP contribution in [0.15, 0.2) is 42.5 Å². The molecular weight excluding hydrogens is 240 g/mol. The lowest BCUT2D eigenvalue weighted by Gasteiger charge is -1.97. The van der Waals surface area contributed by atoms with E-state index >= 15 is 0 Å². The van der Waals surface area contributed by atoms with E-state index < -0.39 is 0 Å². The second kappa shape index (κ2) is 7.41. The molecule has 84 valence electrons. The summed E-state index contributed by atoms with van der Waals surface area (Å²) < 4.78 is 8.99. The molecule has 0 amide bonds. The Labute approximate surface area is 103 Å². The summed E-state index contributed by atoms with van der Waals surface area (Å²) in [6, 6.07) is 14.0. The highest BCUT2D eigenvalue weighted by molar-refractivity contribution is 6.35. The van der Waals surface area contributed by atoms with Crippen molar-refractivity contribution in [1.82, 2.24) is 0 Å². The van der Waals surface area contributed by atoms with Crippen molar-refractivity contribution >= 4 is 32.4 Å². The topological polar surface area (TPSA) is 18.5 Å². The van der Waals surface area contributed by atoms with Crippen molar-refractivity contribution in [2.24, 2.45) is 0 Å². The van der Waals surface area contributed by atoms with E-state index in [2.05, 4.69) is 21.0 Å². The zero-order valence-corrected chi connectivity index (χ0v) is 11.0. The van der Waals surface area contributed by atoms with Gasteiger partial charge in [0.2, 0.25) is 0 Å². The van der Waals surface area contributed by atoms with Gasteiger partial charge in [0.15, 0.2) is 0 Å².